The van der Waals surface area contributed by atoms with Gasteiger partial charge in [-0.1, -0.05) is 54.6 Å². The van der Waals surface area contributed by atoms with E-state index in [9.17, 15) is 18.7 Å². The third-order valence-corrected chi connectivity index (χ3v) is 4.04. The minimum Gasteiger partial charge on any atom is -0.443 e. The molecule has 3 rings (SSSR count). The van der Waals surface area contributed by atoms with Gasteiger partial charge in [-0.2, -0.15) is 0 Å². The standard InChI is InChI=1S/C21H16F2O3.BrH/c22-18-10-4-8-16(12-18)21(26-20(25)14-24,15-6-2-1-3-7-15)17-9-5-11-19(23)13-17;/h1-13,24H,14H2;1H. The van der Waals surface area contributed by atoms with Gasteiger partial charge in [0.2, 0.25) is 0 Å². The fourth-order valence-corrected chi connectivity index (χ4v) is 2.97. The molecule has 0 heterocycles. The number of aliphatic hydroxyl groups excluding tert-OH is 1. The lowest BCUT2D eigenvalue weighted by Crippen LogP contribution is -2.36. The monoisotopic (exact) mass is 434 g/mol. The van der Waals surface area contributed by atoms with Gasteiger partial charge < -0.3 is 9.84 Å². The van der Waals surface area contributed by atoms with Gasteiger partial charge in [-0.3, -0.25) is 0 Å². The van der Waals surface area contributed by atoms with Crippen LogP contribution in [0.5, 0.6) is 0 Å². The zero-order valence-corrected chi connectivity index (χ0v) is 15.9. The summed E-state index contributed by atoms with van der Waals surface area (Å²) in [5.41, 5.74) is -0.504. The molecule has 0 aromatic heterocycles. The maximum absolute atomic E-state index is 14.0. The topological polar surface area (TPSA) is 46.5 Å². The van der Waals surface area contributed by atoms with Crippen molar-refractivity contribution >= 4 is 23.0 Å². The molecule has 0 aliphatic rings. The van der Waals surface area contributed by atoms with E-state index in [4.69, 9.17) is 4.74 Å². The number of benzene rings is 3. The Labute approximate surface area is 166 Å². The lowest BCUT2D eigenvalue weighted by molar-refractivity contribution is -0.156. The largest absolute Gasteiger partial charge is 0.443 e. The molecular formula is C21H17BrF2O3. The van der Waals surface area contributed by atoms with E-state index in [1.54, 1.807) is 42.5 Å². The Hall–Kier alpha value is -2.57. The van der Waals surface area contributed by atoms with Gasteiger partial charge >= 0.3 is 5.97 Å². The van der Waals surface area contributed by atoms with Crippen molar-refractivity contribution < 1.29 is 23.4 Å². The molecule has 0 radical (unpaired) electrons. The average molecular weight is 435 g/mol. The van der Waals surface area contributed by atoms with Crippen molar-refractivity contribution in [3.05, 3.63) is 107 Å². The molecule has 1 N–H and O–H groups in total. The van der Waals surface area contributed by atoms with Crippen LogP contribution in [0.3, 0.4) is 0 Å². The molecule has 0 amide bonds. The Morgan fingerprint density at radius 2 is 1.30 bits per heavy atom. The van der Waals surface area contributed by atoms with Crippen molar-refractivity contribution in [3.8, 4) is 0 Å². The van der Waals surface area contributed by atoms with Gasteiger partial charge in [0, 0.05) is 16.7 Å². The SMILES string of the molecule is Br.O=C(CO)OC(c1ccccc1)(c1cccc(F)c1)c1cccc(F)c1. The molecular weight excluding hydrogens is 418 g/mol. The molecule has 3 aromatic rings. The quantitative estimate of drug-likeness (QED) is 0.479. The Morgan fingerprint density at radius 1 is 0.815 bits per heavy atom. The van der Waals surface area contributed by atoms with Crippen molar-refractivity contribution in [1.82, 2.24) is 0 Å². The first-order chi connectivity index (χ1) is 12.6. The molecule has 0 bridgehead atoms. The molecule has 27 heavy (non-hydrogen) atoms. The number of carbonyl (C=O) groups excluding carboxylic acids is 1. The van der Waals surface area contributed by atoms with Crippen molar-refractivity contribution in [2.75, 3.05) is 6.61 Å². The second-order valence-corrected chi connectivity index (χ2v) is 5.70. The maximum Gasteiger partial charge on any atom is 0.333 e. The second-order valence-electron chi connectivity index (χ2n) is 5.70. The van der Waals surface area contributed by atoms with Crippen LogP contribution in [0, 0.1) is 11.6 Å². The van der Waals surface area contributed by atoms with Gasteiger partial charge in [0.15, 0.2) is 5.60 Å². The number of hydrogen-bond acceptors (Lipinski definition) is 3. The van der Waals surface area contributed by atoms with E-state index >= 15 is 0 Å². The zero-order valence-electron chi connectivity index (χ0n) is 14.1. The highest BCUT2D eigenvalue weighted by atomic mass is 79.9. The number of ether oxygens (including phenoxy) is 1. The van der Waals surface area contributed by atoms with Gasteiger partial charge in [-0.15, -0.1) is 17.0 Å². The Kier molecular flexibility index (Phi) is 6.82. The Bertz CT molecular complexity index is 871. The zero-order chi connectivity index (χ0) is 18.6. The van der Waals surface area contributed by atoms with E-state index in [2.05, 4.69) is 0 Å². The highest BCUT2D eigenvalue weighted by molar-refractivity contribution is 8.93. The first-order valence-corrected chi connectivity index (χ1v) is 7.96. The predicted molar refractivity (Wildman–Crippen MR) is 103 cm³/mol. The van der Waals surface area contributed by atoms with Gasteiger partial charge in [-0.05, 0) is 24.3 Å². The number of rotatable bonds is 5. The predicted octanol–water partition coefficient (Wildman–Crippen LogP) is 4.37. The van der Waals surface area contributed by atoms with Crippen molar-refractivity contribution in [3.63, 3.8) is 0 Å². The van der Waals surface area contributed by atoms with Crippen molar-refractivity contribution in [2.45, 2.75) is 5.60 Å². The van der Waals surface area contributed by atoms with Crippen LogP contribution in [0.15, 0.2) is 78.9 Å². The molecule has 0 aliphatic heterocycles. The fraction of sp³-hybridized carbons (Fsp3) is 0.0952. The number of esters is 1. The number of hydrogen-bond donors (Lipinski definition) is 1. The minimum absolute atomic E-state index is 0. The Balaban J connectivity index is 0.00000261. The summed E-state index contributed by atoms with van der Waals surface area (Å²) in [6, 6.07) is 19.7. The van der Waals surface area contributed by atoms with E-state index in [0.29, 0.717) is 16.7 Å². The van der Waals surface area contributed by atoms with Crippen LogP contribution in [0.2, 0.25) is 0 Å². The average Bonchev–Trinajstić information content (AvgIpc) is 2.66. The first-order valence-electron chi connectivity index (χ1n) is 7.96. The molecule has 0 saturated carbocycles. The van der Waals surface area contributed by atoms with Crippen LogP contribution in [-0.4, -0.2) is 17.7 Å². The molecule has 6 heteroatoms. The summed E-state index contributed by atoms with van der Waals surface area (Å²) in [5.74, 6) is -1.97. The summed E-state index contributed by atoms with van der Waals surface area (Å²) in [4.78, 5) is 12.1. The molecule has 140 valence electrons. The molecule has 0 unspecified atom stereocenters. The van der Waals surface area contributed by atoms with Crippen LogP contribution in [0.1, 0.15) is 16.7 Å². The van der Waals surface area contributed by atoms with Gasteiger partial charge in [0.25, 0.3) is 0 Å². The second kappa shape index (κ2) is 8.88. The van der Waals surface area contributed by atoms with Crippen molar-refractivity contribution in [2.24, 2.45) is 0 Å². The third-order valence-electron chi connectivity index (χ3n) is 4.04. The summed E-state index contributed by atoms with van der Waals surface area (Å²) < 4.78 is 33.6. The number of halogens is 3. The molecule has 3 nitrogen and oxygen atoms in total. The summed E-state index contributed by atoms with van der Waals surface area (Å²) in [5, 5.41) is 9.23. The van der Waals surface area contributed by atoms with Crippen molar-refractivity contribution in [1.29, 1.82) is 0 Å². The van der Waals surface area contributed by atoms with Crippen LogP contribution in [-0.2, 0) is 15.1 Å². The van der Waals surface area contributed by atoms with E-state index in [0.717, 1.165) is 0 Å². The molecule has 0 spiro atoms. The molecule has 0 saturated heterocycles. The van der Waals surface area contributed by atoms with Gasteiger partial charge in [0.05, 0.1) is 0 Å². The van der Waals surface area contributed by atoms with E-state index < -0.39 is 29.8 Å². The van der Waals surface area contributed by atoms with Gasteiger partial charge in [-0.25, -0.2) is 13.6 Å². The molecule has 0 fully saturated rings. The smallest absolute Gasteiger partial charge is 0.333 e. The summed E-state index contributed by atoms with van der Waals surface area (Å²) in [6.45, 7) is -0.862. The van der Waals surface area contributed by atoms with E-state index in [1.165, 1.54) is 36.4 Å². The molecule has 0 atom stereocenters. The van der Waals surface area contributed by atoms with E-state index in [1.807, 2.05) is 0 Å². The lowest BCUT2D eigenvalue weighted by atomic mass is 9.80. The van der Waals surface area contributed by atoms with Crippen LogP contribution >= 0.6 is 17.0 Å². The molecule has 0 aliphatic carbocycles. The normalized spacial score (nSPS) is 10.8. The molecule has 3 aromatic carbocycles. The highest BCUT2D eigenvalue weighted by Crippen LogP contribution is 2.41. The summed E-state index contributed by atoms with van der Waals surface area (Å²) in [7, 11) is 0. The fourth-order valence-electron chi connectivity index (χ4n) is 2.97. The van der Waals surface area contributed by atoms with Crippen LogP contribution in [0.4, 0.5) is 8.78 Å². The van der Waals surface area contributed by atoms with E-state index in [-0.39, 0.29) is 17.0 Å². The third kappa shape index (κ3) is 4.23. The minimum atomic E-state index is -1.61. The highest BCUT2D eigenvalue weighted by Gasteiger charge is 2.41. The summed E-state index contributed by atoms with van der Waals surface area (Å²) >= 11 is 0. The number of carbonyl (C=O) groups is 1. The Morgan fingerprint density at radius 3 is 1.74 bits per heavy atom. The van der Waals surface area contributed by atoms with Gasteiger partial charge in [0.1, 0.15) is 18.2 Å². The lowest BCUT2D eigenvalue weighted by Gasteiger charge is -2.35. The van der Waals surface area contributed by atoms with Crippen LogP contribution in [0.25, 0.3) is 0 Å². The summed E-state index contributed by atoms with van der Waals surface area (Å²) in [6.07, 6.45) is 0. The first kappa shape index (κ1) is 20.7. The maximum atomic E-state index is 14.0. The number of aliphatic hydroxyl groups is 1. The van der Waals surface area contributed by atoms with Crippen LogP contribution < -0.4 is 0 Å².